The molecule has 0 aliphatic carbocycles. The molecular formula is C13H15NO2. The summed E-state index contributed by atoms with van der Waals surface area (Å²) in [6.45, 7) is 6.09. The molecule has 0 saturated carbocycles. The van der Waals surface area contributed by atoms with Crippen LogP contribution in [0.1, 0.15) is 42.3 Å². The van der Waals surface area contributed by atoms with Crippen molar-refractivity contribution in [3.05, 3.63) is 34.9 Å². The van der Waals surface area contributed by atoms with Crippen molar-refractivity contribution in [2.45, 2.75) is 26.2 Å². The van der Waals surface area contributed by atoms with E-state index in [1.165, 1.54) is 7.11 Å². The molecule has 1 aromatic rings. The largest absolute Gasteiger partial charge is 0.465 e. The molecule has 0 spiro atoms. The summed E-state index contributed by atoms with van der Waals surface area (Å²) in [5.41, 5.74) is 1.75. The summed E-state index contributed by atoms with van der Waals surface area (Å²) in [7, 11) is 1.33. The van der Waals surface area contributed by atoms with Crippen molar-refractivity contribution in [1.82, 2.24) is 0 Å². The first-order valence-electron chi connectivity index (χ1n) is 5.03. The predicted octanol–water partition coefficient (Wildman–Crippen LogP) is 2.64. The van der Waals surface area contributed by atoms with Crippen LogP contribution in [0.4, 0.5) is 0 Å². The Balaban J connectivity index is 3.29. The highest BCUT2D eigenvalue weighted by Crippen LogP contribution is 2.26. The second-order valence-corrected chi connectivity index (χ2v) is 4.61. The monoisotopic (exact) mass is 217 g/mol. The van der Waals surface area contributed by atoms with Gasteiger partial charge < -0.3 is 4.74 Å². The number of carbonyl (C=O) groups is 1. The van der Waals surface area contributed by atoms with Crippen molar-refractivity contribution >= 4 is 5.97 Å². The van der Waals surface area contributed by atoms with E-state index in [0.29, 0.717) is 11.1 Å². The highest BCUT2D eigenvalue weighted by Gasteiger charge is 2.19. The molecule has 0 aliphatic heterocycles. The Morgan fingerprint density at radius 2 is 2.00 bits per heavy atom. The van der Waals surface area contributed by atoms with Gasteiger partial charge in [0.05, 0.1) is 24.3 Å². The van der Waals surface area contributed by atoms with Crippen molar-refractivity contribution in [2.75, 3.05) is 7.11 Å². The molecule has 3 heteroatoms. The number of hydrogen-bond donors (Lipinski definition) is 0. The van der Waals surface area contributed by atoms with Crippen molar-refractivity contribution < 1.29 is 9.53 Å². The van der Waals surface area contributed by atoms with E-state index in [2.05, 4.69) is 10.8 Å². The molecule has 0 N–H and O–H groups in total. The lowest BCUT2D eigenvalue weighted by Crippen LogP contribution is -2.14. The Hall–Kier alpha value is -1.82. The average Bonchev–Trinajstić information content (AvgIpc) is 2.25. The van der Waals surface area contributed by atoms with E-state index in [1.807, 2.05) is 26.8 Å². The summed E-state index contributed by atoms with van der Waals surface area (Å²) in [6, 6.07) is 7.19. The highest BCUT2D eigenvalue weighted by atomic mass is 16.5. The van der Waals surface area contributed by atoms with Gasteiger partial charge in [-0.25, -0.2) is 4.79 Å². The molecule has 0 aliphatic rings. The zero-order chi connectivity index (χ0) is 12.3. The third kappa shape index (κ3) is 2.40. The number of nitrogens with zero attached hydrogens (tertiary/aromatic N) is 1. The van der Waals surface area contributed by atoms with E-state index in [-0.39, 0.29) is 5.41 Å². The molecule has 84 valence electrons. The van der Waals surface area contributed by atoms with Gasteiger partial charge in [-0.3, -0.25) is 0 Å². The van der Waals surface area contributed by atoms with Crippen LogP contribution in [0.3, 0.4) is 0 Å². The Kier molecular flexibility index (Phi) is 3.34. The zero-order valence-corrected chi connectivity index (χ0v) is 10.00. The topological polar surface area (TPSA) is 50.1 Å². The molecule has 0 amide bonds. The number of rotatable bonds is 1. The van der Waals surface area contributed by atoms with Gasteiger partial charge in [0.15, 0.2) is 0 Å². The molecule has 16 heavy (non-hydrogen) atoms. The van der Waals surface area contributed by atoms with Crippen LogP contribution in [0.2, 0.25) is 0 Å². The maximum atomic E-state index is 11.3. The van der Waals surface area contributed by atoms with E-state index >= 15 is 0 Å². The SMILES string of the molecule is COC(=O)c1ccc(C(C)(C)C)c(C#N)c1. The van der Waals surface area contributed by atoms with Crippen LogP contribution in [0.15, 0.2) is 18.2 Å². The van der Waals surface area contributed by atoms with Gasteiger partial charge in [-0.2, -0.15) is 5.26 Å². The molecule has 0 atom stereocenters. The summed E-state index contributed by atoms with van der Waals surface area (Å²) in [6.07, 6.45) is 0. The predicted molar refractivity (Wildman–Crippen MR) is 61.2 cm³/mol. The normalized spacial score (nSPS) is 10.7. The van der Waals surface area contributed by atoms with E-state index < -0.39 is 5.97 Å². The molecule has 0 unspecified atom stereocenters. The summed E-state index contributed by atoms with van der Waals surface area (Å²) < 4.78 is 4.61. The standard InChI is InChI=1S/C13H15NO2/c1-13(2,3)11-6-5-9(12(15)16-4)7-10(11)8-14/h5-7H,1-4H3. The Morgan fingerprint density at radius 1 is 1.38 bits per heavy atom. The van der Waals surface area contributed by atoms with Gasteiger partial charge in [0, 0.05) is 0 Å². The van der Waals surface area contributed by atoms with Crippen LogP contribution in [0.25, 0.3) is 0 Å². The first-order chi connectivity index (χ1) is 7.40. The second-order valence-electron chi connectivity index (χ2n) is 4.61. The average molecular weight is 217 g/mol. The number of benzene rings is 1. The minimum Gasteiger partial charge on any atom is -0.465 e. The van der Waals surface area contributed by atoms with Gasteiger partial charge in [-0.15, -0.1) is 0 Å². The molecule has 0 aromatic heterocycles. The van der Waals surface area contributed by atoms with Gasteiger partial charge in [-0.05, 0) is 23.1 Å². The lowest BCUT2D eigenvalue weighted by Gasteiger charge is -2.20. The molecular weight excluding hydrogens is 202 g/mol. The third-order valence-corrected chi connectivity index (χ3v) is 2.37. The first-order valence-corrected chi connectivity index (χ1v) is 5.03. The fraction of sp³-hybridized carbons (Fsp3) is 0.385. The minimum absolute atomic E-state index is 0.111. The maximum absolute atomic E-state index is 11.3. The molecule has 1 aromatic carbocycles. The van der Waals surface area contributed by atoms with Crippen molar-refractivity contribution in [1.29, 1.82) is 5.26 Å². The zero-order valence-electron chi connectivity index (χ0n) is 10.00. The van der Waals surface area contributed by atoms with Gasteiger partial charge in [-0.1, -0.05) is 26.8 Å². The minimum atomic E-state index is -0.419. The highest BCUT2D eigenvalue weighted by molar-refractivity contribution is 5.89. The van der Waals surface area contributed by atoms with Crippen LogP contribution in [0, 0.1) is 11.3 Å². The number of carbonyl (C=O) groups excluding carboxylic acids is 1. The van der Waals surface area contributed by atoms with E-state index in [9.17, 15) is 4.79 Å². The lowest BCUT2D eigenvalue weighted by atomic mass is 9.83. The second kappa shape index (κ2) is 4.36. The van der Waals surface area contributed by atoms with E-state index in [0.717, 1.165) is 5.56 Å². The van der Waals surface area contributed by atoms with Crippen molar-refractivity contribution in [3.63, 3.8) is 0 Å². The number of esters is 1. The molecule has 3 nitrogen and oxygen atoms in total. The molecule has 0 bridgehead atoms. The molecule has 0 radical (unpaired) electrons. The maximum Gasteiger partial charge on any atom is 0.337 e. The van der Waals surface area contributed by atoms with Crippen LogP contribution in [0.5, 0.6) is 0 Å². The Morgan fingerprint density at radius 3 is 2.44 bits per heavy atom. The van der Waals surface area contributed by atoms with Gasteiger partial charge in [0.1, 0.15) is 0 Å². The molecule has 0 fully saturated rings. The van der Waals surface area contributed by atoms with Gasteiger partial charge in [0.25, 0.3) is 0 Å². The van der Waals surface area contributed by atoms with Crippen LogP contribution in [-0.2, 0) is 10.2 Å². The Labute approximate surface area is 95.7 Å². The number of ether oxygens (including phenoxy) is 1. The van der Waals surface area contributed by atoms with E-state index in [4.69, 9.17) is 5.26 Å². The van der Waals surface area contributed by atoms with Crippen LogP contribution >= 0.6 is 0 Å². The summed E-state index contributed by atoms with van der Waals surface area (Å²) >= 11 is 0. The summed E-state index contributed by atoms with van der Waals surface area (Å²) in [5, 5.41) is 9.06. The number of nitriles is 1. The lowest BCUT2D eigenvalue weighted by molar-refractivity contribution is 0.0600. The molecule has 1 rings (SSSR count). The van der Waals surface area contributed by atoms with Gasteiger partial charge in [0.2, 0.25) is 0 Å². The fourth-order valence-electron chi connectivity index (χ4n) is 1.54. The molecule has 0 saturated heterocycles. The fourth-order valence-corrected chi connectivity index (χ4v) is 1.54. The van der Waals surface area contributed by atoms with Crippen molar-refractivity contribution in [2.24, 2.45) is 0 Å². The van der Waals surface area contributed by atoms with Gasteiger partial charge >= 0.3 is 5.97 Å². The third-order valence-electron chi connectivity index (χ3n) is 2.37. The first kappa shape index (κ1) is 12.3. The van der Waals surface area contributed by atoms with Crippen LogP contribution in [-0.4, -0.2) is 13.1 Å². The summed E-state index contributed by atoms with van der Waals surface area (Å²) in [5.74, 6) is -0.419. The Bertz CT molecular complexity index is 450. The number of methoxy groups -OCH3 is 1. The van der Waals surface area contributed by atoms with E-state index in [1.54, 1.807) is 12.1 Å². The van der Waals surface area contributed by atoms with Crippen molar-refractivity contribution in [3.8, 4) is 6.07 Å². The smallest absolute Gasteiger partial charge is 0.337 e. The summed E-state index contributed by atoms with van der Waals surface area (Å²) in [4.78, 5) is 11.3. The number of hydrogen-bond acceptors (Lipinski definition) is 3. The van der Waals surface area contributed by atoms with Crippen LogP contribution < -0.4 is 0 Å². The quantitative estimate of drug-likeness (QED) is 0.679. The molecule has 0 heterocycles.